The second-order valence-electron chi connectivity index (χ2n) is 4.04. The molecule has 0 heterocycles. The number of nitrogens with zero attached hydrogens (tertiary/aromatic N) is 1. The smallest absolute Gasteiger partial charge is 0.283 e. The Balaban J connectivity index is 2.64. The Bertz CT molecular complexity index is 653. The Morgan fingerprint density at radius 1 is 1.16 bits per heavy atom. The summed E-state index contributed by atoms with van der Waals surface area (Å²) in [5.41, 5.74) is -0.590. The lowest BCUT2D eigenvalue weighted by Gasteiger charge is -2.06. The molecule has 4 nitrogen and oxygen atoms in total. The van der Waals surface area contributed by atoms with Crippen LogP contribution < -0.4 is 0 Å². The van der Waals surface area contributed by atoms with Crippen molar-refractivity contribution in [3.8, 4) is 0 Å². The van der Waals surface area contributed by atoms with Crippen LogP contribution in [0.25, 0.3) is 0 Å². The van der Waals surface area contributed by atoms with Crippen LogP contribution in [-0.4, -0.2) is 10.7 Å². The summed E-state index contributed by atoms with van der Waals surface area (Å²) in [5.74, 6) is -1.53. The number of benzene rings is 2. The molecule has 0 atom stereocenters. The van der Waals surface area contributed by atoms with Crippen LogP contribution >= 0.6 is 0 Å². The molecule has 2 rings (SSSR count). The van der Waals surface area contributed by atoms with Gasteiger partial charge >= 0.3 is 0 Å². The summed E-state index contributed by atoms with van der Waals surface area (Å²) in [7, 11) is 0. The first-order chi connectivity index (χ1) is 9.02. The maximum Gasteiger partial charge on any atom is 0.283 e. The van der Waals surface area contributed by atoms with Crippen molar-refractivity contribution in [1.29, 1.82) is 0 Å². The number of carbonyl (C=O) groups excluding carboxylic acids is 1. The Hall–Kier alpha value is -2.56. The summed E-state index contributed by atoms with van der Waals surface area (Å²) in [5, 5.41) is 10.9. The normalized spacial score (nSPS) is 10.2. The molecule has 19 heavy (non-hydrogen) atoms. The van der Waals surface area contributed by atoms with Gasteiger partial charge in [0.25, 0.3) is 5.69 Å². The van der Waals surface area contributed by atoms with Crippen molar-refractivity contribution in [2.75, 3.05) is 0 Å². The molecule has 2 aromatic carbocycles. The Labute approximate surface area is 108 Å². The third-order valence-corrected chi connectivity index (χ3v) is 2.77. The zero-order valence-electron chi connectivity index (χ0n) is 10.1. The highest BCUT2D eigenvalue weighted by Gasteiger charge is 2.26. The van der Waals surface area contributed by atoms with Crippen molar-refractivity contribution in [2.24, 2.45) is 0 Å². The van der Waals surface area contributed by atoms with Crippen LogP contribution in [0.2, 0.25) is 0 Å². The number of hydrogen-bond donors (Lipinski definition) is 0. The van der Waals surface area contributed by atoms with Gasteiger partial charge in [0.15, 0.2) is 0 Å². The number of halogens is 1. The molecule has 2 aromatic rings. The molecule has 0 aromatic heterocycles. The van der Waals surface area contributed by atoms with E-state index in [-0.39, 0.29) is 11.1 Å². The molecule has 0 bridgehead atoms. The van der Waals surface area contributed by atoms with Crippen molar-refractivity contribution in [3.63, 3.8) is 0 Å². The highest BCUT2D eigenvalue weighted by atomic mass is 19.1. The van der Waals surface area contributed by atoms with E-state index in [0.29, 0.717) is 0 Å². The predicted molar refractivity (Wildman–Crippen MR) is 67.7 cm³/mol. The molecule has 0 unspecified atom stereocenters. The van der Waals surface area contributed by atoms with Gasteiger partial charge < -0.3 is 0 Å². The fourth-order valence-corrected chi connectivity index (χ4v) is 1.77. The summed E-state index contributed by atoms with van der Waals surface area (Å²) in [6.45, 7) is 1.46. The van der Waals surface area contributed by atoms with Crippen LogP contribution in [-0.2, 0) is 0 Å². The third kappa shape index (κ3) is 2.35. The maximum atomic E-state index is 14.0. The fourth-order valence-electron chi connectivity index (χ4n) is 1.77. The molecule has 0 spiro atoms. The minimum absolute atomic E-state index is 0.199. The number of hydrogen-bond acceptors (Lipinski definition) is 3. The Morgan fingerprint density at radius 3 is 2.37 bits per heavy atom. The van der Waals surface area contributed by atoms with E-state index in [1.807, 2.05) is 0 Å². The van der Waals surface area contributed by atoms with Crippen LogP contribution in [0.15, 0.2) is 42.5 Å². The van der Waals surface area contributed by atoms with E-state index in [4.69, 9.17) is 0 Å². The predicted octanol–water partition coefficient (Wildman–Crippen LogP) is 3.27. The van der Waals surface area contributed by atoms with Crippen molar-refractivity contribution in [2.45, 2.75) is 6.92 Å². The Morgan fingerprint density at radius 2 is 1.79 bits per heavy atom. The van der Waals surface area contributed by atoms with Crippen LogP contribution in [0.1, 0.15) is 21.5 Å². The molecule has 0 amide bonds. The van der Waals surface area contributed by atoms with Gasteiger partial charge in [-0.15, -0.1) is 0 Å². The summed E-state index contributed by atoms with van der Waals surface area (Å²) < 4.78 is 14.0. The summed E-state index contributed by atoms with van der Waals surface area (Å²) in [6, 6.07) is 10.4. The van der Waals surface area contributed by atoms with E-state index in [2.05, 4.69) is 0 Å². The number of nitro benzene ring substituents is 1. The first-order valence-corrected chi connectivity index (χ1v) is 5.55. The first-order valence-electron chi connectivity index (χ1n) is 5.55. The monoisotopic (exact) mass is 259 g/mol. The maximum absolute atomic E-state index is 14.0. The lowest BCUT2D eigenvalue weighted by Crippen LogP contribution is -2.09. The van der Waals surface area contributed by atoms with Crippen molar-refractivity contribution >= 4 is 11.5 Å². The molecule has 5 heteroatoms. The highest BCUT2D eigenvalue weighted by molar-refractivity contribution is 6.11. The van der Waals surface area contributed by atoms with E-state index in [9.17, 15) is 19.3 Å². The lowest BCUT2D eigenvalue weighted by atomic mass is 9.99. The molecular formula is C14H10FNO3. The van der Waals surface area contributed by atoms with Crippen LogP contribution in [0.4, 0.5) is 10.1 Å². The number of nitro groups is 1. The Kier molecular flexibility index (Phi) is 3.37. The van der Waals surface area contributed by atoms with E-state index >= 15 is 0 Å². The second-order valence-corrected chi connectivity index (χ2v) is 4.04. The fraction of sp³-hybridized carbons (Fsp3) is 0.0714. The number of ketones is 1. The van der Waals surface area contributed by atoms with Crippen molar-refractivity contribution < 1.29 is 14.1 Å². The number of aryl methyl sites for hydroxylation is 1. The molecule has 0 saturated carbocycles. The molecule has 0 aliphatic carbocycles. The summed E-state index contributed by atoms with van der Waals surface area (Å²) >= 11 is 0. The first kappa shape index (κ1) is 12.9. The van der Waals surface area contributed by atoms with Gasteiger partial charge in [-0.05, 0) is 18.6 Å². The van der Waals surface area contributed by atoms with Crippen molar-refractivity contribution in [1.82, 2.24) is 0 Å². The molecule has 0 saturated heterocycles. The average Bonchev–Trinajstić information content (AvgIpc) is 2.41. The highest BCUT2D eigenvalue weighted by Crippen LogP contribution is 2.26. The van der Waals surface area contributed by atoms with Gasteiger partial charge in [-0.2, -0.15) is 0 Å². The van der Waals surface area contributed by atoms with Gasteiger partial charge in [-0.25, -0.2) is 4.39 Å². The summed E-state index contributed by atoms with van der Waals surface area (Å²) in [6.07, 6.45) is 0. The van der Waals surface area contributed by atoms with E-state index < -0.39 is 27.8 Å². The molecule has 0 aliphatic heterocycles. The molecule has 0 aliphatic rings. The molecule has 96 valence electrons. The largest absolute Gasteiger partial charge is 0.288 e. The third-order valence-electron chi connectivity index (χ3n) is 2.77. The molecular weight excluding hydrogens is 249 g/mol. The van der Waals surface area contributed by atoms with Crippen LogP contribution in [0.5, 0.6) is 0 Å². The van der Waals surface area contributed by atoms with Gasteiger partial charge in [-0.3, -0.25) is 14.9 Å². The minimum atomic E-state index is -0.844. The topological polar surface area (TPSA) is 60.2 Å². The number of carbonyl (C=O) groups is 1. The average molecular weight is 259 g/mol. The lowest BCUT2D eigenvalue weighted by molar-refractivity contribution is -0.385. The SMILES string of the molecule is Cc1ccc([N+](=O)[O-])c(C(=O)c2ccccc2)c1F. The standard InChI is InChI=1S/C14H10FNO3/c1-9-7-8-11(16(18)19)12(13(9)15)14(17)10-5-3-2-4-6-10/h2-8H,1H3. The summed E-state index contributed by atoms with van der Waals surface area (Å²) in [4.78, 5) is 22.4. The second kappa shape index (κ2) is 4.97. The molecule has 0 radical (unpaired) electrons. The number of rotatable bonds is 3. The van der Waals surface area contributed by atoms with Gasteiger partial charge in [-0.1, -0.05) is 30.3 Å². The quantitative estimate of drug-likeness (QED) is 0.483. The van der Waals surface area contributed by atoms with Gasteiger partial charge in [0, 0.05) is 11.6 Å². The van der Waals surface area contributed by atoms with E-state index in [0.717, 1.165) is 6.07 Å². The molecule has 0 fully saturated rings. The molecule has 0 N–H and O–H groups in total. The van der Waals surface area contributed by atoms with Crippen LogP contribution in [0.3, 0.4) is 0 Å². The minimum Gasteiger partial charge on any atom is -0.288 e. The zero-order chi connectivity index (χ0) is 14.0. The van der Waals surface area contributed by atoms with Gasteiger partial charge in [0.2, 0.25) is 5.78 Å². The van der Waals surface area contributed by atoms with E-state index in [1.54, 1.807) is 18.2 Å². The van der Waals surface area contributed by atoms with Gasteiger partial charge in [0.1, 0.15) is 11.4 Å². The van der Waals surface area contributed by atoms with Crippen molar-refractivity contribution in [3.05, 3.63) is 75.1 Å². The van der Waals surface area contributed by atoms with Gasteiger partial charge in [0.05, 0.1) is 4.92 Å². The van der Waals surface area contributed by atoms with Crippen LogP contribution in [0, 0.1) is 22.9 Å². The zero-order valence-corrected chi connectivity index (χ0v) is 10.1. The van der Waals surface area contributed by atoms with E-state index in [1.165, 1.54) is 25.1 Å².